The highest BCUT2D eigenvalue weighted by molar-refractivity contribution is 5.40. The predicted molar refractivity (Wildman–Crippen MR) is 70.3 cm³/mol. The Balaban J connectivity index is 2.89. The van der Waals surface area contributed by atoms with Gasteiger partial charge in [-0.25, -0.2) is 4.39 Å². The Bertz CT molecular complexity index is 394. The van der Waals surface area contributed by atoms with E-state index in [1.165, 1.54) is 6.07 Å². The van der Waals surface area contributed by atoms with Crippen molar-refractivity contribution in [1.29, 1.82) is 0 Å². The second-order valence-electron chi connectivity index (χ2n) is 4.52. The maximum Gasteiger partial charge on any atom is 0.126 e. The highest BCUT2D eigenvalue weighted by atomic mass is 19.1. The molecule has 0 aliphatic carbocycles. The summed E-state index contributed by atoms with van der Waals surface area (Å²) in [6.07, 6.45) is -0.0905. The summed E-state index contributed by atoms with van der Waals surface area (Å²) >= 11 is 0. The minimum atomic E-state index is -0.269. The van der Waals surface area contributed by atoms with Crippen molar-refractivity contribution in [3.8, 4) is 5.75 Å². The standard InChI is InChI=1S/C14H22FNO2/c1-5-17-8-10(3)18-14-6-9(2)13(15)7-12(14)11(4)16/h6-7,10-11H,5,8,16H2,1-4H3/t10?,11-/m0/s1. The molecule has 0 fully saturated rings. The molecular weight excluding hydrogens is 233 g/mol. The SMILES string of the molecule is CCOCC(C)Oc1cc(C)c(F)cc1[C@H](C)N. The molecule has 0 aromatic heterocycles. The molecule has 0 aliphatic rings. The van der Waals surface area contributed by atoms with E-state index in [9.17, 15) is 4.39 Å². The summed E-state index contributed by atoms with van der Waals surface area (Å²) in [7, 11) is 0. The number of rotatable bonds is 6. The van der Waals surface area contributed by atoms with Crippen molar-refractivity contribution in [3.05, 3.63) is 29.1 Å². The Labute approximate surface area is 108 Å². The molecule has 3 nitrogen and oxygen atoms in total. The van der Waals surface area contributed by atoms with Gasteiger partial charge in [0.2, 0.25) is 0 Å². The van der Waals surface area contributed by atoms with Crippen LogP contribution in [0.25, 0.3) is 0 Å². The molecule has 1 aromatic rings. The van der Waals surface area contributed by atoms with E-state index >= 15 is 0 Å². The summed E-state index contributed by atoms with van der Waals surface area (Å²) in [5.41, 5.74) is 7.07. The lowest BCUT2D eigenvalue weighted by molar-refractivity contribution is 0.0650. The van der Waals surface area contributed by atoms with Crippen molar-refractivity contribution in [3.63, 3.8) is 0 Å². The summed E-state index contributed by atoms with van der Waals surface area (Å²) in [4.78, 5) is 0. The van der Waals surface area contributed by atoms with Gasteiger partial charge in [-0.1, -0.05) is 0 Å². The van der Waals surface area contributed by atoms with Crippen LogP contribution in [0, 0.1) is 12.7 Å². The number of hydrogen-bond donors (Lipinski definition) is 1. The van der Waals surface area contributed by atoms with Gasteiger partial charge in [0, 0.05) is 18.2 Å². The third kappa shape index (κ3) is 3.96. The molecule has 0 bridgehead atoms. The van der Waals surface area contributed by atoms with E-state index < -0.39 is 0 Å². The van der Waals surface area contributed by atoms with Gasteiger partial charge in [0.15, 0.2) is 0 Å². The van der Waals surface area contributed by atoms with E-state index in [4.69, 9.17) is 15.2 Å². The maximum atomic E-state index is 13.5. The molecule has 2 N–H and O–H groups in total. The third-order valence-corrected chi connectivity index (χ3v) is 2.67. The normalized spacial score (nSPS) is 14.3. The number of benzene rings is 1. The summed E-state index contributed by atoms with van der Waals surface area (Å²) < 4.78 is 24.6. The molecule has 18 heavy (non-hydrogen) atoms. The number of halogens is 1. The molecule has 2 atom stereocenters. The molecule has 4 heteroatoms. The van der Waals surface area contributed by atoms with Crippen LogP contribution >= 0.6 is 0 Å². The quantitative estimate of drug-likeness (QED) is 0.850. The van der Waals surface area contributed by atoms with Gasteiger partial charge in [-0.15, -0.1) is 0 Å². The topological polar surface area (TPSA) is 44.5 Å². The second-order valence-corrected chi connectivity index (χ2v) is 4.52. The molecule has 0 amide bonds. The summed E-state index contributed by atoms with van der Waals surface area (Å²) in [5.74, 6) is 0.378. The van der Waals surface area contributed by atoms with Crippen molar-refractivity contribution in [2.24, 2.45) is 5.73 Å². The highest BCUT2D eigenvalue weighted by Gasteiger charge is 2.14. The predicted octanol–water partition coefficient (Wildman–Crippen LogP) is 2.96. The fourth-order valence-electron chi connectivity index (χ4n) is 1.66. The molecular formula is C14H22FNO2. The molecule has 1 aromatic carbocycles. The highest BCUT2D eigenvalue weighted by Crippen LogP contribution is 2.28. The maximum absolute atomic E-state index is 13.5. The first kappa shape index (κ1) is 14.9. The minimum absolute atomic E-state index is 0.0905. The monoisotopic (exact) mass is 255 g/mol. The van der Waals surface area contributed by atoms with Crippen LogP contribution in [0.1, 0.15) is 37.9 Å². The third-order valence-electron chi connectivity index (χ3n) is 2.67. The van der Waals surface area contributed by atoms with Crippen molar-refractivity contribution in [1.82, 2.24) is 0 Å². The van der Waals surface area contributed by atoms with E-state index in [0.717, 1.165) is 0 Å². The Morgan fingerprint density at radius 2 is 2.00 bits per heavy atom. The van der Waals surface area contributed by atoms with Crippen LogP contribution in [0.4, 0.5) is 4.39 Å². The van der Waals surface area contributed by atoms with Gasteiger partial charge in [-0.3, -0.25) is 0 Å². The first-order valence-corrected chi connectivity index (χ1v) is 6.25. The van der Waals surface area contributed by atoms with Gasteiger partial charge in [0.05, 0.1) is 6.61 Å². The number of ether oxygens (including phenoxy) is 2. The molecule has 0 heterocycles. The summed E-state index contributed by atoms with van der Waals surface area (Å²) in [5, 5.41) is 0. The molecule has 0 spiro atoms. The average Bonchev–Trinajstić information content (AvgIpc) is 2.30. The van der Waals surface area contributed by atoms with Gasteiger partial charge in [0.25, 0.3) is 0 Å². The lowest BCUT2D eigenvalue weighted by Gasteiger charge is -2.19. The fourth-order valence-corrected chi connectivity index (χ4v) is 1.66. The summed E-state index contributed by atoms with van der Waals surface area (Å²) in [6, 6.07) is 2.87. The van der Waals surface area contributed by atoms with E-state index in [1.54, 1.807) is 13.0 Å². The van der Waals surface area contributed by atoms with E-state index in [0.29, 0.717) is 30.1 Å². The Hall–Kier alpha value is -1.13. The molecule has 0 saturated carbocycles. The Morgan fingerprint density at radius 3 is 2.56 bits per heavy atom. The Morgan fingerprint density at radius 1 is 1.33 bits per heavy atom. The van der Waals surface area contributed by atoms with Crippen LogP contribution in [0.15, 0.2) is 12.1 Å². The number of nitrogens with two attached hydrogens (primary N) is 1. The van der Waals surface area contributed by atoms with Gasteiger partial charge >= 0.3 is 0 Å². The molecule has 102 valence electrons. The van der Waals surface area contributed by atoms with Crippen LogP contribution in [0.5, 0.6) is 5.75 Å². The zero-order chi connectivity index (χ0) is 13.7. The average molecular weight is 255 g/mol. The van der Waals surface area contributed by atoms with Crippen LogP contribution in [0.3, 0.4) is 0 Å². The minimum Gasteiger partial charge on any atom is -0.488 e. The molecule has 0 aliphatic heterocycles. The molecule has 0 radical (unpaired) electrons. The number of hydrogen-bond acceptors (Lipinski definition) is 3. The van der Waals surface area contributed by atoms with Crippen molar-refractivity contribution in [2.75, 3.05) is 13.2 Å². The van der Waals surface area contributed by atoms with Crippen LogP contribution in [-0.2, 0) is 4.74 Å². The lowest BCUT2D eigenvalue weighted by atomic mass is 10.0. The fraction of sp³-hybridized carbons (Fsp3) is 0.571. The van der Waals surface area contributed by atoms with E-state index in [1.807, 2.05) is 20.8 Å². The van der Waals surface area contributed by atoms with E-state index in [2.05, 4.69) is 0 Å². The zero-order valence-electron chi connectivity index (χ0n) is 11.5. The zero-order valence-corrected chi connectivity index (χ0v) is 11.5. The van der Waals surface area contributed by atoms with E-state index in [-0.39, 0.29) is 18.0 Å². The first-order valence-electron chi connectivity index (χ1n) is 6.25. The largest absolute Gasteiger partial charge is 0.488 e. The van der Waals surface area contributed by atoms with Gasteiger partial charge in [0.1, 0.15) is 17.7 Å². The molecule has 1 rings (SSSR count). The summed E-state index contributed by atoms with van der Waals surface area (Å²) in [6.45, 7) is 8.52. The van der Waals surface area contributed by atoms with Crippen molar-refractivity contribution >= 4 is 0 Å². The first-order chi connectivity index (χ1) is 8.45. The van der Waals surface area contributed by atoms with Gasteiger partial charge < -0.3 is 15.2 Å². The second kappa shape index (κ2) is 6.71. The Kier molecular flexibility index (Phi) is 5.56. The lowest BCUT2D eigenvalue weighted by Crippen LogP contribution is -2.21. The molecule has 0 saturated heterocycles. The molecule has 1 unspecified atom stereocenters. The van der Waals surface area contributed by atoms with Gasteiger partial charge in [-0.2, -0.15) is 0 Å². The van der Waals surface area contributed by atoms with Crippen molar-refractivity contribution < 1.29 is 13.9 Å². The van der Waals surface area contributed by atoms with Crippen LogP contribution in [-0.4, -0.2) is 19.3 Å². The van der Waals surface area contributed by atoms with Crippen LogP contribution in [0.2, 0.25) is 0 Å². The van der Waals surface area contributed by atoms with Gasteiger partial charge in [-0.05, 0) is 45.4 Å². The van der Waals surface area contributed by atoms with Crippen molar-refractivity contribution in [2.45, 2.75) is 39.8 Å². The smallest absolute Gasteiger partial charge is 0.126 e. The van der Waals surface area contributed by atoms with Crippen LogP contribution < -0.4 is 10.5 Å². The number of aryl methyl sites for hydroxylation is 1.